The van der Waals surface area contributed by atoms with E-state index in [0.29, 0.717) is 6.54 Å². The van der Waals surface area contributed by atoms with Crippen LogP contribution in [-0.4, -0.2) is 59.9 Å². The van der Waals surface area contributed by atoms with E-state index < -0.39 is 5.54 Å². The molecule has 1 heterocycles. The predicted octanol–water partition coefficient (Wildman–Crippen LogP) is 0.0636. The third-order valence-corrected chi connectivity index (χ3v) is 3.26. The first-order chi connectivity index (χ1) is 7.75. The van der Waals surface area contributed by atoms with Gasteiger partial charge in [0, 0.05) is 26.2 Å². The number of hydrogen-bond donors (Lipinski definition) is 1. The highest BCUT2D eigenvalue weighted by atomic mass is 16.2. The van der Waals surface area contributed by atoms with E-state index >= 15 is 0 Å². The zero-order valence-electron chi connectivity index (χ0n) is 11.4. The minimum Gasteiger partial charge on any atom is -0.342 e. The van der Waals surface area contributed by atoms with Crippen LogP contribution in [0.3, 0.4) is 0 Å². The molecule has 1 aliphatic rings. The molecule has 0 unspecified atom stereocenters. The van der Waals surface area contributed by atoms with Crippen LogP contribution in [0.4, 0.5) is 0 Å². The number of amides is 2. The fourth-order valence-corrected chi connectivity index (χ4v) is 1.79. The molecule has 0 bridgehead atoms. The second-order valence-corrected chi connectivity index (χ2v) is 5.38. The van der Waals surface area contributed by atoms with Gasteiger partial charge in [-0.1, -0.05) is 0 Å². The lowest BCUT2D eigenvalue weighted by Crippen LogP contribution is -2.62. The third-order valence-electron chi connectivity index (χ3n) is 3.26. The number of nitrogens with one attached hydrogen (secondary N) is 1. The highest BCUT2D eigenvalue weighted by Gasteiger charge is 2.36. The van der Waals surface area contributed by atoms with E-state index in [1.165, 1.54) is 0 Å². The average molecular weight is 241 g/mol. The van der Waals surface area contributed by atoms with Gasteiger partial charge >= 0.3 is 0 Å². The molecular weight excluding hydrogens is 218 g/mol. The lowest BCUT2D eigenvalue weighted by Gasteiger charge is -2.38. The first-order valence-electron chi connectivity index (χ1n) is 6.06. The molecule has 0 aromatic rings. The van der Waals surface area contributed by atoms with Crippen molar-refractivity contribution in [3.63, 3.8) is 0 Å². The van der Waals surface area contributed by atoms with Gasteiger partial charge in [-0.05, 0) is 27.7 Å². The Morgan fingerprint density at radius 1 is 1.53 bits per heavy atom. The van der Waals surface area contributed by atoms with Crippen molar-refractivity contribution in [1.29, 1.82) is 0 Å². The third kappa shape index (κ3) is 3.19. The maximum absolute atomic E-state index is 12.1. The fraction of sp³-hybridized carbons (Fsp3) is 0.833. The van der Waals surface area contributed by atoms with Gasteiger partial charge in [0.2, 0.25) is 11.8 Å². The molecular formula is C12H23N3O2. The Hall–Kier alpha value is -1.10. The van der Waals surface area contributed by atoms with Gasteiger partial charge in [-0.15, -0.1) is 0 Å². The second kappa shape index (κ2) is 5.04. The van der Waals surface area contributed by atoms with Crippen LogP contribution in [0.2, 0.25) is 0 Å². The first-order valence-corrected chi connectivity index (χ1v) is 6.06. The Balaban J connectivity index is 2.63. The van der Waals surface area contributed by atoms with E-state index in [4.69, 9.17) is 0 Å². The molecule has 0 aromatic carbocycles. The van der Waals surface area contributed by atoms with Crippen molar-refractivity contribution < 1.29 is 9.59 Å². The molecule has 1 aliphatic heterocycles. The van der Waals surface area contributed by atoms with Crippen molar-refractivity contribution in [1.82, 2.24) is 15.1 Å². The van der Waals surface area contributed by atoms with Crippen LogP contribution in [0, 0.1) is 0 Å². The van der Waals surface area contributed by atoms with E-state index in [1.807, 2.05) is 27.7 Å². The first kappa shape index (κ1) is 14.0. The van der Waals surface area contributed by atoms with Crippen molar-refractivity contribution in [2.75, 3.05) is 26.7 Å². The minimum absolute atomic E-state index is 0.00532. The van der Waals surface area contributed by atoms with E-state index in [1.54, 1.807) is 16.8 Å². The molecule has 0 aliphatic carbocycles. The van der Waals surface area contributed by atoms with Crippen LogP contribution in [0.15, 0.2) is 0 Å². The molecule has 98 valence electrons. The summed E-state index contributed by atoms with van der Waals surface area (Å²) in [5.41, 5.74) is -0.561. The fourth-order valence-electron chi connectivity index (χ4n) is 1.79. The van der Waals surface area contributed by atoms with Gasteiger partial charge in [0.15, 0.2) is 0 Å². The summed E-state index contributed by atoms with van der Waals surface area (Å²) in [5, 5.41) is 3.15. The van der Waals surface area contributed by atoms with E-state index in [-0.39, 0.29) is 24.4 Å². The molecule has 0 atom stereocenters. The standard InChI is InChI=1S/C12H23N3O2/c1-9(2)14(5)10(16)8-15-7-6-13-12(3,4)11(15)17/h9,13H,6-8H2,1-5H3. The Morgan fingerprint density at radius 3 is 2.65 bits per heavy atom. The quantitative estimate of drug-likeness (QED) is 0.760. The SMILES string of the molecule is CC(C)N(C)C(=O)CN1CCNC(C)(C)C1=O. The van der Waals surface area contributed by atoms with E-state index in [9.17, 15) is 9.59 Å². The van der Waals surface area contributed by atoms with Gasteiger partial charge in [0.25, 0.3) is 0 Å². The van der Waals surface area contributed by atoms with Crippen molar-refractivity contribution in [2.24, 2.45) is 0 Å². The normalized spacial score (nSPS) is 19.6. The van der Waals surface area contributed by atoms with Crippen LogP contribution in [-0.2, 0) is 9.59 Å². The van der Waals surface area contributed by atoms with Crippen molar-refractivity contribution in [3.05, 3.63) is 0 Å². The second-order valence-electron chi connectivity index (χ2n) is 5.38. The molecule has 1 N–H and O–H groups in total. The number of nitrogens with zero attached hydrogens (tertiary/aromatic N) is 2. The van der Waals surface area contributed by atoms with Gasteiger partial charge in [-0.2, -0.15) is 0 Å². The van der Waals surface area contributed by atoms with Gasteiger partial charge in [-0.25, -0.2) is 0 Å². The Bertz CT molecular complexity index is 313. The minimum atomic E-state index is -0.561. The summed E-state index contributed by atoms with van der Waals surface area (Å²) in [5.74, 6) is -0.0136. The maximum Gasteiger partial charge on any atom is 0.242 e. The zero-order valence-corrected chi connectivity index (χ0v) is 11.4. The molecule has 0 radical (unpaired) electrons. The summed E-state index contributed by atoms with van der Waals surface area (Å²) in [7, 11) is 1.77. The van der Waals surface area contributed by atoms with Crippen molar-refractivity contribution in [3.8, 4) is 0 Å². The lowest BCUT2D eigenvalue weighted by atomic mass is 10.0. The highest BCUT2D eigenvalue weighted by Crippen LogP contribution is 2.12. The molecule has 1 saturated heterocycles. The Labute approximate surface area is 103 Å². The van der Waals surface area contributed by atoms with Crippen molar-refractivity contribution in [2.45, 2.75) is 39.3 Å². The van der Waals surface area contributed by atoms with Crippen LogP contribution >= 0.6 is 0 Å². The number of piperazine rings is 1. The molecule has 1 fully saturated rings. The molecule has 17 heavy (non-hydrogen) atoms. The van der Waals surface area contributed by atoms with Crippen molar-refractivity contribution >= 4 is 11.8 Å². The molecule has 2 amide bonds. The average Bonchev–Trinajstić information content (AvgIpc) is 2.23. The summed E-state index contributed by atoms with van der Waals surface area (Å²) in [6.45, 7) is 9.12. The summed E-state index contributed by atoms with van der Waals surface area (Å²) < 4.78 is 0. The number of carbonyl (C=O) groups is 2. The highest BCUT2D eigenvalue weighted by molar-refractivity contribution is 5.90. The maximum atomic E-state index is 12.1. The molecule has 1 rings (SSSR count). The van der Waals surface area contributed by atoms with E-state index in [2.05, 4.69) is 5.32 Å². The summed E-state index contributed by atoms with van der Waals surface area (Å²) in [6.07, 6.45) is 0. The van der Waals surface area contributed by atoms with Crippen LogP contribution in [0.5, 0.6) is 0 Å². The number of rotatable bonds is 3. The molecule has 5 heteroatoms. The van der Waals surface area contributed by atoms with E-state index in [0.717, 1.165) is 6.54 Å². The molecule has 0 aromatic heterocycles. The zero-order chi connectivity index (χ0) is 13.2. The largest absolute Gasteiger partial charge is 0.342 e. The van der Waals surface area contributed by atoms with Gasteiger partial charge in [0.1, 0.15) is 0 Å². The van der Waals surface area contributed by atoms with Gasteiger partial charge in [0.05, 0.1) is 12.1 Å². The van der Waals surface area contributed by atoms with Crippen LogP contribution < -0.4 is 5.32 Å². The lowest BCUT2D eigenvalue weighted by molar-refractivity contribution is -0.146. The number of carbonyl (C=O) groups excluding carboxylic acids is 2. The van der Waals surface area contributed by atoms with Crippen LogP contribution in [0.1, 0.15) is 27.7 Å². The van der Waals surface area contributed by atoms with Gasteiger partial charge in [-0.3, -0.25) is 9.59 Å². The number of hydrogen-bond acceptors (Lipinski definition) is 3. The topological polar surface area (TPSA) is 52.7 Å². The summed E-state index contributed by atoms with van der Waals surface area (Å²) in [6, 6.07) is 0.161. The van der Waals surface area contributed by atoms with Gasteiger partial charge < -0.3 is 15.1 Å². The Morgan fingerprint density at radius 2 is 2.12 bits per heavy atom. The van der Waals surface area contributed by atoms with Crippen LogP contribution in [0.25, 0.3) is 0 Å². The summed E-state index contributed by atoms with van der Waals surface area (Å²) in [4.78, 5) is 27.3. The molecule has 5 nitrogen and oxygen atoms in total. The number of likely N-dealkylation sites (N-methyl/N-ethyl adjacent to an activating group) is 1. The smallest absolute Gasteiger partial charge is 0.242 e. The predicted molar refractivity (Wildman–Crippen MR) is 66.6 cm³/mol. The summed E-state index contributed by atoms with van der Waals surface area (Å²) >= 11 is 0. The molecule has 0 spiro atoms. The molecule has 0 saturated carbocycles. The monoisotopic (exact) mass is 241 g/mol. The Kier molecular flexibility index (Phi) is 4.14.